The Morgan fingerprint density at radius 1 is 1.00 bits per heavy atom. The summed E-state index contributed by atoms with van der Waals surface area (Å²) < 4.78 is 5.58. The van der Waals surface area contributed by atoms with Crippen LogP contribution in [0.5, 0.6) is 0 Å². The number of aliphatic hydroxyl groups is 1. The van der Waals surface area contributed by atoms with Crippen molar-refractivity contribution in [3.05, 3.63) is 0 Å². The summed E-state index contributed by atoms with van der Waals surface area (Å²) in [6.45, 7) is 8.61. The van der Waals surface area contributed by atoms with E-state index in [1.165, 1.54) is 44.9 Å². The lowest BCUT2D eigenvalue weighted by Crippen LogP contribution is -2.54. The third kappa shape index (κ3) is 2.75. The normalized spacial score (nSPS) is 51.7. The Balaban J connectivity index is 1.53. The lowest BCUT2D eigenvalue weighted by molar-refractivity contribution is -0.161. The van der Waals surface area contributed by atoms with Crippen molar-refractivity contribution in [1.29, 1.82) is 0 Å². The standard InChI is InChI=1S/C23H38O3/c1-14(24)19-7-8-20-18-6-5-16-13-17(26-15(2)25)9-11-22(16,3)21(18)10-12-23(19,20)4/h14,16-21,24H,5-13H2,1-4H3/t14-,16+,17+,18-,19+,20-,21-,22-,23+/m0/s1. The van der Waals surface area contributed by atoms with Crippen LogP contribution in [0.15, 0.2) is 0 Å². The highest BCUT2D eigenvalue weighted by atomic mass is 16.5. The van der Waals surface area contributed by atoms with Gasteiger partial charge in [0.25, 0.3) is 0 Å². The number of rotatable bonds is 2. The molecule has 26 heavy (non-hydrogen) atoms. The minimum absolute atomic E-state index is 0.115. The molecule has 0 amide bonds. The van der Waals surface area contributed by atoms with Gasteiger partial charge < -0.3 is 9.84 Å². The number of esters is 1. The van der Waals surface area contributed by atoms with E-state index in [0.717, 1.165) is 36.5 Å². The summed E-state index contributed by atoms with van der Waals surface area (Å²) in [6, 6.07) is 0. The van der Waals surface area contributed by atoms with Crippen LogP contribution < -0.4 is 0 Å². The second kappa shape index (κ2) is 6.50. The molecule has 0 saturated heterocycles. The van der Waals surface area contributed by atoms with Gasteiger partial charge in [0, 0.05) is 6.92 Å². The molecule has 148 valence electrons. The maximum Gasteiger partial charge on any atom is 0.302 e. The van der Waals surface area contributed by atoms with Crippen molar-refractivity contribution >= 4 is 5.97 Å². The fraction of sp³-hybridized carbons (Fsp3) is 0.957. The molecule has 0 aliphatic heterocycles. The first-order chi connectivity index (χ1) is 12.3. The summed E-state index contributed by atoms with van der Waals surface area (Å²) in [5.74, 6) is 3.61. The molecule has 4 aliphatic rings. The van der Waals surface area contributed by atoms with E-state index in [1.807, 2.05) is 6.92 Å². The Hall–Kier alpha value is -0.570. The summed E-state index contributed by atoms with van der Waals surface area (Å²) in [5, 5.41) is 10.4. The van der Waals surface area contributed by atoms with Crippen LogP contribution in [0.1, 0.15) is 85.5 Å². The van der Waals surface area contributed by atoms with E-state index in [9.17, 15) is 9.90 Å². The Morgan fingerprint density at radius 2 is 1.69 bits per heavy atom. The molecule has 1 N–H and O–H groups in total. The van der Waals surface area contributed by atoms with Crippen LogP contribution in [0, 0.1) is 40.4 Å². The summed E-state index contributed by atoms with van der Waals surface area (Å²) >= 11 is 0. The quantitative estimate of drug-likeness (QED) is 0.706. The minimum Gasteiger partial charge on any atom is -0.463 e. The number of carbonyl (C=O) groups excluding carboxylic acids is 1. The van der Waals surface area contributed by atoms with Crippen molar-refractivity contribution in [2.24, 2.45) is 40.4 Å². The Labute approximate surface area is 159 Å². The summed E-state index contributed by atoms with van der Waals surface area (Å²) in [7, 11) is 0. The third-order valence-electron chi connectivity index (χ3n) is 9.61. The zero-order valence-corrected chi connectivity index (χ0v) is 17.2. The lowest BCUT2D eigenvalue weighted by Gasteiger charge is -2.61. The van der Waals surface area contributed by atoms with Gasteiger partial charge in [-0.05, 0) is 105 Å². The predicted molar refractivity (Wildman–Crippen MR) is 102 cm³/mol. The minimum atomic E-state index is -0.160. The molecule has 3 nitrogen and oxygen atoms in total. The van der Waals surface area contributed by atoms with Crippen LogP contribution in [-0.4, -0.2) is 23.3 Å². The van der Waals surface area contributed by atoms with Gasteiger partial charge in [-0.3, -0.25) is 4.79 Å². The van der Waals surface area contributed by atoms with Crippen LogP contribution in [-0.2, 0) is 9.53 Å². The highest BCUT2D eigenvalue weighted by molar-refractivity contribution is 5.66. The van der Waals surface area contributed by atoms with E-state index in [-0.39, 0.29) is 18.2 Å². The first-order valence-corrected chi connectivity index (χ1v) is 11.1. The molecular weight excluding hydrogens is 324 g/mol. The van der Waals surface area contributed by atoms with Crippen molar-refractivity contribution in [2.45, 2.75) is 97.7 Å². The Morgan fingerprint density at radius 3 is 2.38 bits per heavy atom. The lowest BCUT2D eigenvalue weighted by atomic mass is 9.44. The second-order valence-electron chi connectivity index (χ2n) is 10.6. The summed E-state index contributed by atoms with van der Waals surface area (Å²) in [4.78, 5) is 11.4. The summed E-state index contributed by atoms with van der Waals surface area (Å²) in [6.07, 6.45) is 11.2. The zero-order chi connectivity index (χ0) is 18.7. The van der Waals surface area contributed by atoms with E-state index < -0.39 is 0 Å². The molecule has 4 aliphatic carbocycles. The van der Waals surface area contributed by atoms with Crippen molar-refractivity contribution in [3.8, 4) is 0 Å². The zero-order valence-electron chi connectivity index (χ0n) is 17.2. The maximum absolute atomic E-state index is 11.4. The van der Waals surface area contributed by atoms with Gasteiger partial charge >= 0.3 is 5.97 Å². The van der Waals surface area contributed by atoms with Gasteiger partial charge in [-0.25, -0.2) is 0 Å². The third-order valence-corrected chi connectivity index (χ3v) is 9.61. The van der Waals surface area contributed by atoms with E-state index in [0.29, 0.717) is 16.7 Å². The first kappa shape index (κ1) is 18.8. The van der Waals surface area contributed by atoms with Crippen molar-refractivity contribution in [3.63, 3.8) is 0 Å². The SMILES string of the molecule is CC(=O)O[C@@H]1CC[C@@]2(C)[C@H](CC[C@@H]3[C@@H]2CC[C@]2(C)[C@@H]([C@H](C)O)CC[C@@H]32)C1. The van der Waals surface area contributed by atoms with Crippen molar-refractivity contribution < 1.29 is 14.6 Å². The van der Waals surface area contributed by atoms with E-state index >= 15 is 0 Å². The van der Waals surface area contributed by atoms with Crippen LogP contribution in [0.25, 0.3) is 0 Å². The molecule has 4 rings (SSSR count). The Kier molecular flexibility index (Phi) is 4.69. The van der Waals surface area contributed by atoms with E-state index in [1.54, 1.807) is 6.92 Å². The predicted octanol–water partition coefficient (Wildman–Crippen LogP) is 4.96. The topological polar surface area (TPSA) is 46.5 Å². The summed E-state index contributed by atoms with van der Waals surface area (Å²) in [5.41, 5.74) is 0.789. The molecule has 4 fully saturated rings. The van der Waals surface area contributed by atoms with Gasteiger partial charge in [0.2, 0.25) is 0 Å². The van der Waals surface area contributed by atoms with Gasteiger partial charge in [0.1, 0.15) is 6.10 Å². The smallest absolute Gasteiger partial charge is 0.302 e. The molecule has 0 aromatic carbocycles. The highest BCUT2D eigenvalue weighted by Crippen LogP contribution is 2.67. The van der Waals surface area contributed by atoms with Gasteiger partial charge in [0.15, 0.2) is 0 Å². The fourth-order valence-electron chi connectivity index (χ4n) is 8.39. The molecule has 4 saturated carbocycles. The monoisotopic (exact) mass is 362 g/mol. The molecule has 0 radical (unpaired) electrons. The first-order valence-electron chi connectivity index (χ1n) is 11.1. The molecule has 0 aromatic rings. The number of hydrogen-bond donors (Lipinski definition) is 1. The van der Waals surface area contributed by atoms with Crippen LogP contribution in [0.4, 0.5) is 0 Å². The van der Waals surface area contributed by atoms with Gasteiger partial charge in [-0.15, -0.1) is 0 Å². The van der Waals surface area contributed by atoms with Gasteiger partial charge in [-0.1, -0.05) is 13.8 Å². The number of aliphatic hydroxyl groups excluding tert-OH is 1. The van der Waals surface area contributed by atoms with Crippen molar-refractivity contribution in [1.82, 2.24) is 0 Å². The molecule has 0 unspecified atom stereocenters. The molecular formula is C23H38O3. The molecule has 0 heterocycles. The average Bonchev–Trinajstić information content (AvgIpc) is 2.92. The number of carbonyl (C=O) groups is 1. The number of hydrogen-bond acceptors (Lipinski definition) is 3. The van der Waals surface area contributed by atoms with E-state index in [4.69, 9.17) is 4.74 Å². The van der Waals surface area contributed by atoms with Gasteiger partial charge in [0.05, 0.1) is 6.10 Å². The van der Waals surface area contributed by atoms with Crippen LogP contribution >= 0.6 is 0 Å². The largest absolute Gasteiger partial charge is 0.463 e. The highest BCUT2D eigenvalue weighted by Gasteiger charge is 2.60. The Bertz CT molecular complexity index is 558. The van der Waals surface area contributed by atoms with E-state index in [2.05, 4.69) is 13.8 Å². The van der Waals surface area contributed by atoms with Gasteiger partial charge in [-0.2, -0.15) is 0 Å². The number of ether oxygens (including phenoxy) is 1. The average molecular weight is 363 g/mol. The molecule has 0 bridgehead atoms. The second-order valence-corrected chi connectivity index (χ2v) is 10.6. The molecule has 0 aromatic heterocycles. The van der Waals surface area contributed by atoms with Crippen LogP contribution in [0.2, 0.25) is 0 Å². The van der Waals surface area contributed by atoms with Crippen molar-refractivity contribution in [2.75, 3.05) is 0 Å². The molecule has 9 atom stereocenters. The van der Waals surface area contributed by atoms with Crippen LogP contribution in [0.3, 0.4) is 0 Å². The maximum atomic E-state index is 11.4. The molecule has 3 heteroatoms. The number of fused-ring (bicyclic) bond motifs is 5. The molecule has 0 spiro atoms. The fourth-order valence-corrected chi connectivity index (χ4v) is 8.39.